The number of nitrogens with zero attached hydrogens (tertiary/aromatic N) is 2. The van der Waals surface area contributed by atoms with Crippen LogP contribution in [0.1, 0.15) is 0 Å². The number of hydrogen-bond acceptors (Lipinski definition) is 6. The number of sulfonamides is 2. The normalized spacial score (nSPS) is 12.5. The van der Waals surface area contributed by atoms with Crippen molar-refractivity contribution in [1.29, 1.82) is 0 Å². The Morgan fingerprint density at radius 2 is 1.77 bits per heavy atom. The van der Waals surface area contributed by atoms with Gasteiger partial charge in [0.15, 0.2) is 0 Å². The number of aliphatic hydroxyl groups excluding tert-OH is 1. The lowest BCUT2D eigenvalue weighted by Crippen LogP contribution is -2.30. The van der Waals surface area contributed by atoms with Gasteiger partial charge in [0.1, 0.15) is 5.75 Å². The number of hydrogen-bond donors (Lipinski definition) is 1. The van der Waals surface area contributed by atoms with Crippen LogP contribution in [0.2, 0.25) is 0 Å². The maximum atomic E-state index is 12.4. The quantitative estimate of drug-likeness (QED) is 0.723. The highest BCUT2D eigenvalue weighted by Crippen LogP contribution is 2.32. The fourth-order valence-corrected chi connectivity index (χ4v) is 3.38. The molecule has 1 aromatic carbocycles. The number of aliphatic hydroxyl groups is 1. The monoisotopic (exact) mass is 352 g/mol. The third-order valence-electron chi connectivity index (χ3n) is 3.11. The summed E-state index contributed by atoms with van der Waals surface area (Å²) >= 11 is 0. The minimum absolute atomic E-state index is 0.0639. The minimum atomic E-state index is -3.83. The van der Waals surface area contributed by atoms with Crippen molar-refractivity contribution in [2.75, 3.05) is 44.9 Å². The van der Waals surface area contributed by atoms with Gasteiger partial charge in [0, 0.05) is 20.6 Å². The van der Waals surface area contributed by atoms with E-state index in [1.807, 2.05) is 0 Å². The first kappa shape index (κ1) is 18.7. The Labute approximate surface area is 131 Å². The van der Waals surface area contributed by atoms with Gasteiger partial charge in [-0.05, 0) is 18.2 Å². The number of anilines is 1. The molecule has 0 heterocycles. The van der Waals surface area contributed by atoms with Crippen LogP contribution in [0.15, 0.2) is 23.1 Å². The molecule has 0 aliphatic carbocycles. The summed E-state index contributed by atoms with van der Waals surface area (Å²) in [4.78, 5) is -0.0882. The van der Waals surface area contributed by atoms with Gasteiger partial charge in [-0.3, -0.25) is 4.31 Å². The SMILES string of the molecule is COc1ccc(S(=O)(=O)N(C)CCO)cc1N(C)S(C)(=O)=O. The van der Waals surface area contributed by atoms with Crippen molar-refractivity contribution < 1.29 is 26.7 Å². The second-order valence-electron chi connectivity index (χ2n) is 4.61. The second kappa shape index (κ2) is 6.82. The van der Waals surface area contributed by atoms with E-state index in [4.69, 9.17) is 9.84 Å². The molecule has 0 saturated carbocycles. The third kappa shape index (κ3) is 3.88. The number of ether oxygens (including phenoxy) is 1. The summed E-state index contributed by atoms with van der Waals surface area (Å²) in [6.45, 7) is -0.381. The summed E-state index contributed by atoms with van der Waals surface area (Å²) in [6.07, 6.45) is 1.01. The van der Waals surface area contributed by atoms with Crippen LogP contribution in [0, 0.1) is 0 Å². The van der Waals surface area contributed by atoms with Crippen molar-refractivity contribution in [1.82, 2.24) is 4.31 Å². The molecule has 8 nitrogen and oxygen atoms in total. The smallest absolute Gasteiger partial charge is 0.242 e. The van der Waals surface area contributed by atoms with Crippen molar-refractivity contribution >= 4 is 25.7 Å². The van der Waals surface area contributed by atoms with Gasteiger partial charge in [0.2, 0.25) is 20.0 Å². The first-order valence-electron chi connectivity index (χ1n) is 6.25. The van der Waals surface area contributed by atoms with Crippen molar-refractivity contribution in [2.24, 2.45) is 0 Å². The fraction of sp³-hybridized carbons (Fsp3) is 0.500. The van der Waals surface area contributed by atoms with Crippen LogP contribution in [0.3, 0.4) is 0 Å². The number of benzene rings is 1. The van der Waals surface area contributed by atoms with Gasteiger partial charge < -0.3 is 9.84 Å². The molecule has 1 rings (SSSR count). The van der Waals surface area contributed by atoms with E-state index in [0.29, 0.717) is 0 Å². The van der Waals surface area contributed by atoms with Gasteiger partial charge in [0.25, 0.3) is 0 Å². The molecule has 10 heteroatoms. The van der Waals surface area contributed by atoms with E-state index in [1.165, 1.54) is 39.4 Å². The molecule has 1 aromatic rings. The number of rotatable bonds is 7. The number of methoxy groups -OCH3 is 1. The zero-order valence-corrected chi connectivity index (χ0v) is 14.5. The maximum Gasteiger partial charge on any atom is 0.242 e. The highest BCUT2D eigenvalue weighted by molar-refractivity contribution is 7.92. The summed E-state index contributed by atoms with van der Waals surface area (Å²) in [5.74, 6) is 0.233. The Morgan fingerprint density at radius 3 is 2.23 bits per heavy atom. The van der Waals surface area contributed by atoms with Crippen LogP contribution in [0.5, 0.6) is 5.75 Å². The molecule has 126 valence electrons. The van der Waals surface area contributed by atoms with E-state index in [2.05, 4.69) is 0 Å². The van der Waals surface area contributed by atoms with Crippen molar-refractivity contribution in [2.45, 2.75) is 4.90 Å². The Hall–Kier alpha value is -1.36. The summed E-state index contributed by atoms with van der Waals surface area (Å²) in [5, 5.41) is 8.86. The van der Waals surface area contributed by atoms with Gasteiger partial charge in [0.05, 0.1) is 30.6 Å². The van der Waals surface area contributed by atoms with Crippen molar-refractivity contribution in [3.63, 3.8) is 0 Å². The minimum Gasteiger partial charge on any atom is -0.495 e. The molecule has 0 amide bonds. The Morgan fingerprint density at radius 1 is 1.18 bits per heavy atom. The Bertz CT molecular complexity index is 730. The third-order valence-corrected chi connectivity index (χ3v) is 6.15. The highest BCUT2D eigenvalue weighted by Gasteiger charge is 2.24. The standard InChI is InChI=1S/C12H20N2O6S2/c1-13(7-8-15)22(18,19)10-5-6-12(20-3)11(9-10)14(2)21(4,16)17/h5-6,9,15H,7-8H2,1-4H3. The number of likely N-dealkylation sites (N-methyl/N-ethyl adjacent to an activating group) is 1. The topological polar surface area (TPSA) is 104 Å². The lowest BCUT2D eigenvalue weighted by Gasteiger charge is -2.22. The molecule has 0 atom stereocenters. The molecule has 0 fully saturated rings. The van der Waals surface area contributed by atoms with E-state index in [9.17, 15) is 16.8 Å². The molecular weight excluding hydrogens is 332 g/mol. The summed E-state index contributed by atoms with van der Waals surface area (Å²) in [7, 11) is -3.41. The van der Waals surface area contributed by atoms with E-state index < -0.39 is 20.0 Å². The van der Waals surface area contributed by atoms with E-state index in [1.54, 1.807) is 0 Å². The lowest BCUT2D eigenvalue weighted by molar-refractivity contribution is 0.266. The van der Waals surface area contributed by atoms with Crippen LogP contribution in [-0.2, 0) is 20.0 Å². The zero-order valence-electron chi connectivity index (χ0n) is 12.8. The highest BCUT2D eigenvalue weighted by atomic mass is 32.2. The van der Waals surface area contributed by atoms with Gasteiger partial charge in [-0.15, -0.1) is 0 Å². The van der Waals surface area contributed by atoms with Crippen LogP contribution in [0.25, 0.3) is 0 Å². The average molecular weight is 352 g/mol. The molecule has 0 radical (unpaired) electrons. The van der Waals surface area contributed by atoms with Gasteiger partial charge in [-0.25, -0.2) is 16.8 Å². The molecule has 0 aromatic heterocycles. The summed E-state index contributed by atoms with van der Waals surface area (Å²) in [5.41, 5.74) is 0.114. The maximum absolute atomic E-state index is 12.4. The van der Waals surface area contributed by atoms with Gasteiger partial charge >= 0.3 is 0 Å². The van der Waals surface area contributed by atoms with Gasteiger partial charge in [-0.2, -0.15) is 4.31 Å². The average Bonchev–Trinajstić information content (AvgIpc) is 2.44. The molecule has 0 spiro atoms. The lowest BCUT2D eigenvalue weighted by atomic mass is 10.3. The first-order chi connectivity index (χ1) is 10.1. The van der Waals surface area contributed by atoms with Crippen LogP contribution < -0.4 is 9.04 Å². The largest absolute Gasteiger partial charge is 0.495 e. The van der Waals surface area contributed by atoms with Crippen LogP contribution in [0.4, 0.5) is 5.69 Å². The fourth-order valence-electron chi connectivity index (χ4n) is 1.70. The van der Waals surface area contributed by atoms with E-state index >= 15 is 0 Å². The second-order valence-corrected chi connectivity index (χ2v) is 8.67. The predicted molar refractivity (Wildman–Crippen MR) is 83.1 cm³/mol. The Kier molecular flexibility index (Phi) is 5.79. The summed E-state index contributed by atoms with van der Waals surface area (Å²) < 4.78 is 55.1. The molecule has 0 aliphatic heterocycles. The molecule has 0 aliphatic rings. The summed E-state index contributed by atoms with van der Waals surface area (Å²) in [6, 6.07) is 3.93. The Balaban J connectivity index is 3.44. The zero-order chi connectivity index (χ0) is 17.1. The van der Waals surface area contributed by atoms with Gasteiger partial charge in [-0.1, -0.05) is 0 Å². The molecule has 0 saturated heterocycles. The van der Waals surface area contributed by atoms with Crippen LogP contribution in [-0.4, -0.2) is 66.9 Å². The molecule has 0 unspecified atom stereocenters. The predicted octanol–water partition coefficient (Wildman–Crippen LogP) is -0.296. The molecule has 22 heavy (non-hydrogen) atoms. The van der Waals surface area contributed by atoms with E-state index in [-0.39, 0.29) is 29.5 Å². The van der Waals surface area contributed by atoms with Crippen molar-refractivity contribution in [3.05, 3.63) is 18.2 Å². The molecule has 1 N–H and O–H groups in total. The van der Waals surface area contributed by atoms with Crippen LogP contribution >= 0.6 is 0 Å². The van der Waals surface area contributed by atoms with Crippen molar-refractivity contribution in [3.8, 4) is 5.75 Å². The van der Waals surface area contributed by atoms with E-state index in [0.717, 1.165) is 14.9 Å². The first-order valence-corrected chi connectivity index (χ1v) is 9.53. The molecule has 0 bridgehead atoms. The molecular formula is C12H20N2O6S2.